The zero-order valence-corrected chi connectivity index (χ0v) is 89.0. The first-order valence-electron chi connectivity index (χ1n) is 49.4. The summed E-state index contributed by atoms with van der Waals surface area (Å²) < 4.78 is 0. The number of nitrogens with one attached hydrogen (secondary N) is 12. The highest BCUT2D eigenvalue weighted by Crippen LogP contribution is 2.36. The summed E-state index contributed by atoms with van der Waals surface area (Å²) in [6.45, 7) is 23.9. The average Bonchev–Trinajstić information content (AvgIpc) is 1.51. The number of pyridine rings is 1. The molecule has 0 saturated carbocycles. The van der Waals surface area contributed by atoms with E-state index in [-0.39, 0.29) is 106 Å². The van der Waals surface area contributed by atoms with Gasteiger partial charge in [0.2, 0.25) is 65.0 Å². The molecule has 0 aliphatic heterocycles. The molecule has 802 valence electrons. The van der Waals surface area contributed by atoms with Crippen LogP contribution >= 0.6 is 34.8 Å². The number of nitrogens with two attached hydrogens (primary N) is 3. The number of carboxylic acids is 2. The Kier molecular flexibility index (Phi) is 48.7. The molecular weight excluding hydrogens is 1980 g/mol. The van der Waals surface area contributed by atoms with Gasteiger partial charge in [-0.25, -0.2) is 9.59 Å². The summed E-state index contributed by atoms with van der Waals surface area (Å²) in [6, 6.07) is 46.1. The summed E-state index contributed by atoms with van der Waals surface area (Å²) in [5, 5.41) is 51.4. The topological polar surface area (TPSA) is 566 Å². The van der Waals surface area contributed by atoms with E-state index in [1.165, 1.54) is 6.92 Å². The summed E-state index contributed by atoms with van der Waals surface area (Å²) in [4.78, 5) is 217. The van der Waals surface area contributed by atoms with Crippen LogP contribution < -0.4 is 81.0 Å². The van der Waals surface area contributed by atoms with E-state index in [0.29, 0.717) is 64.2 Å². The van der Waals surface area contributed by atoms with Gasteiger partial charge in [-0.15, -0.1) is 0 Å². The molecule has 2 aliphatic carbocycles. The molecule has 150 heavy (non-hydrogen) atoms. The fraction of sp³-hybridized carbons (Fsp3) is 0.393. The van der Waals surface area contributed by atoms with E-state index in [0.717, 1.165) is 67.6 Å². The van der Waals surface area contributed by atoms with E-state index in [1.807, 2.05) is 204 Å². The number of urea groups is 2. The second kappa shape index (κ2) is 59.9. The summed E-state index contributed by atoms with van der Waals surface area (Å²) in [5.74, 6) is -11.0. The van der Waals surface area contributed by atoms with E-state index in [2.05, 4.69) is 68.8 Å². The summed E-state index contributed by atoms with van der Waals surface area (Å²) in [5.41, 5.74) is 27.6. The maximum absolute atomic E-state index is 13.6. The molecule has 8 aromatic rings. The van der Waals surface area contributed by atoms with E-state index in [4.69, 9.17) is 57.1 Å². The van der Waals surface area contributed by atoms with Crippen molar-refractivity contribution in [3.63, 3.8) is 0 Å². The third-order valence-electron chi connectivity index (χ3n) is 24.5. The zero-order valence-electron chi connectivity index (χ0n) is 86.7. The quantitative estimate of drug-likeness (QED) is 0.0168. The van der Waals surface area contributed by atoms with E-state index in [9.17, 15) is 86.6 Å². The number of primary amides is 3. The van der Waals surface area contributed by atoms with Crippen molar-refractivity contribution in [2.45, 2.75) is 229 Å². The van der Waals surface area contributed by atoms with Crippen LogP contribution in [0.25, 0.3) is 11.1 Å². The molecule has 1 aromatic heterocycles. The van der Waals surface area contributed by atoms with Crippen LogP contribution in [0.15, 0.2) is 207 Å². The van der Waals surface area contributed by atoms with Crippen LogP contribution in [0.3, 0.4) is 0 Å². The number of allylic oxidation sites excluding steroid dienone is 2. The molecule has 20 N–H and O–H groups in total. The second-order valence-electron chi connectivity index (χ2n) is 40.1. The SMILES string of the molecule is CC(C)(C)C(CC(=O)Cc1ccc(Cl)c(Cl)c1)C(=O)NC(CCc1ccccc1)C(N)=O.CC(C)CC(NC(=O)Nc1ccc(Cl)cc1)C(=O)NC(CC1=CCc2ccccc21)C(=O)NCCC(=O)O.Cc1ccc(NC(=O)CC(C(=O)NCC(=O)CC(Cc2cccnc2)C(N)=O)C(C)(C)C)cc1.Cc1ccc(NC(=O)NC(C)C(=O)NC(CC(C)C)C(=O)NC(CC2=CCc3ccccc32)C(=O)NC(CC(=O)O)C(N)=O)cc1. The monoisotopic (exact) mass is 2120 g/mol. The van der Waals surface area contributed by atoms with Crippen LogP contribution in [-0.2, 0) is 104 Å². The van der Waals surface area contributed by atoms with Crippen molar-refractivity contribution in [3.05, 3.63) is 272 Å². The number of aromatic nitrogens is 1. The van der Waals surface area contributed by atoms with Crippen LogP contribution in [-0.4, -0.2) is 171 Å². The summed E-state index contributed by atoms with van der Waals surface area (Å²) in [7, 11) is 0. The van der Waals surface area contributed by atoms with Gasteiger partial charge in [-0.3, -0.25) is 76.9 Å². The Balaban J connectivity index is 0.000000273. The predicted octanol–water partition coefficient (Wildman–Crippen LogP) is 13.5. The van der Waals surface area contributed by atoms with Gasteiger partial charge >= 0.3 is 24.0 Å². The Morgan fingerprint density at radius 3 is 1.37 bits per heavy atom. The molecule has 15 amide bonds. The lowest BCUT2D eigenvalue weighted by Gasteiger charge is -2.30. The van der Waals surface area contributed by atoms with Gasteiger partial charge in [-0.2, -0.15) is 0 Å². The first kappa shape index (κ1) is 122. The molecule has 10 atom stereocenters. The van der Waals surface area contributed by atoms with E-state index >= 15 is 0 Å². The van der Waals surface area contributed by atoms with Gasteiger partial charge in [0, 0.05) is 91.4 Å². The molecule has 0 fully saturated rings. The minimum absolute atomic E-state index is 0.0255. The van der Waals surface area contributed by atoms with Gasteiger partial charge < -0.3 is 91.2 Å². The molecule has 0 saturated heterocycles. The van der Waals surface area contributed by atoms with Crippen molar-refractivity contribution in [2.75, 3.05) is 29.0 Å². The van der Waals surface area contributed by atoms with E-state index in [1.54, 1.807) is 85.2 Å². The molecule has 2 aliphatic rings. The molecule has 7 aromatic carbocycles. The van der Waals surface area contributed by atoms with Crippen LogP contribution in [0, 0.1) is 54.3 Å². The van der Waals surface area contributed by atoms with Crippen molar-refractivity contribution in [2.24, 2.45) is 57.6 Å². The van der Waals surface area contributed by atoms with Crippen LogP contribution in [0.1, 0.15) is 190 Å². The highest BCUT2D eigenvalue weighted by molar-refractivity contribution is 6.42. The molecule has 35 nitrogen and oxygen atoms in total. The number of nitrogens with zero attached hydrogens (tertiary/aromatic N) is 1. The Hall–Kier alpha value is -15.0. The smallest absolute Gasteiger partial charge is 0.319 e. The van der Waals surface area contributed by atoms with Crippen molar-refractivity contribution in [3.8, 4) is 0 Å². The second-order valence-corrected chi connectivity index (χ2v) is 41.4. The third-order valence-corrected chi connectivity index (χ3v) is 25.5. The number of hydrogen-bond donors (Lipinski definition) is 17. The van der Waals surface area contributed by atoms with Crippen molar-refractivity contribution in [1.82, 2.24) is 52.8 Å². The van der Waals surface area contributed by atoms with Gasteiger partial charge in [0.05, 0.1) is 35.3 Å². The lowest BCUT2D eigenvalue weighted by molar-refractivity contribution is -0.140. The molecule has 1 heterocycles. The third kappa shape index (κ3) is 43.1. The van der Waals surface area contributed by atoms with Crippen LogP contribution in [0.2, 0.25) is 15.1 Å². The Morgan fingerprint density at radius 2 is 0.873 bits per heavy atom. The molecular formula is C112H139Cl3N16O19. The minimum Gasteiger partial charge on any atom is -0.481 e. The molecule has 10 unspecified atom stereocenters. The Labute approximate surface area is 889 Å². The zero-order chi connectivity index (χ0) is 111. The standard InChI is InChI=1S/C33H42N6O7.C28H33ClN4O5.C26H34N4O4.C25H30Cl2N2O3/c1-18(2)15-26(38-30(43)20(4)35-33(46)36-23-13-9-19(3)10-14-23)31(44)39-27(32(45)37-25(29(34)42)17-28(40)41)16-22-12-11-21-7-5-6-8-24(21)22;1-17(2)15-23(33-28(38)31-21-11-9-20(29)10-12-21)27(37)32-24(26(36)30-14-13-25(34)35)16-19-8-7-18-5-3-4-6-22(18)19;1-17-7-9-20(10-8-17)30-23(32)14-22(26(2,3)4)25(34)29-16-21(31)13-19(24(27)33)12-18-6-5-11-28-15-18;1-25(2,3)19(15-18(30)13-17-9-11-20(26)21(27)14-17)24(32)29-22(23(28)31)12-10-16-7-5-4-6-8-16/h5-10,12-14,18,20,25-27H,11,15-17H2,1-4H3,(H2,34,42)(H,37,45)(H,38,43)(H,39,44)(H,40,41)(H2,35,36,46);3-6,8-12,17,23-24H,7,13-16H2,1-2H3,(H,30,36)(H,32,37)(H,34,35)(H2,31,33,38);5-11,15,19,22H,12-14,16H2,1-4H3,(H2,27,33)(H,29,34)(H,30,32);4-9,11,14,19,22H,10,12-13,15H2,1-3H3,(H2,28,31)(H,29,32). The largest absolute Gasteiger partial charge is 0.481 e. The average molecular weight is 2120 g/mol. The number of aryl methyl sites for hydroxylation is 3. The van der Waals surface area contributed by atoms with Crippen molar-refractivity contribution in [1.29, 1.82) is 0 Å². The molecule has 10 rings (SSSR count). The van der Waals surface area contributed by atoms with Crippen molar-refractivity contribution < 1.29 is 91.7 Å². The summed E-state index contributed by atoms with van der Waals surface area (Å²) >= 11 is 17.9. The maximum atomic E-state index is 13.6. The number of ketones is 2. The number of carbonyl (C=O) groups excluding carboxylic acids is 15. The van der Waals surface area contributed by atoms with Gasteiger partial charge in [0.25, 0.3) is 0 Å². The lowest BCUT2D eigenvalue weighted by atomic mass is 9.76. The lowest BCUT2D eigenvalue weighted by Crippen LogP contribution is -2.58. The number of carboxylic acid groups (broad SMARTS) is 2. The number of Topliss-reactive ketones (excluding diaryl/α,β-unsaturated/α-hetero) is 2. The number of amides is 15. The van der Waals surface area contributed by atoms with Crippen molar-refractivity contribution >= 4 is 164 Å². The fourth-order valence-corrected chi connectivity index (χ4v) is 16.7. The number of anilines is 3. The highest BCUT2D eigenvalue weighted by Gasteiger charge is 2.39. The Bertz CT molecular complexity index is 6100. The number of fused-ring (bicyclic) bond motifs is 2. The molecule has 0 spiro atoms. The first-order chi connectivity index (χ1) is 70.8. The van der Waals surface area contributed by atoms with Gasteiger partial charge in [-0.1, -0.05) is 243 Å². The van der Waals surface area contributed by atoms with Crippen LogP contribution in [0.4, 0.5) is 26.7 Å². The minimum atomic E-state index is -1.50. The van der Waals surface area contributed by atoms with Gasteiger partial charge in [0.1, 0.15) is 48.1 Å². The predicted molar refractivity (Wildman–Crippen MR) is 578 cm³/mol. The fourth-order valence-electron chi connectivity index (χ4n) is 16.3. The molecule has 38 heteroatoms. The normalized spacial score (nSPS) is 13.7. The molecule has 0 bridgehead atoms. The van der Waals surface area contributed by atoms with Crippen LogP contribution in [0.5, 0.6) is 0 Å². The number of aliphatic carboxylic acids is 2. The number of carbonyl (C=O) groups is 17. The highest BCUT2D eigenvalue weighted by atomic mass is 35.5. The number of rotatable bonds is 48. The first-order valence-corrected chi connectivity index (χ1v) is 50.6. The number of benzene rings is 7. The summed E-state index contributed by atoms with van der Waals surface area (Å²) in [6.07, 6.45) is 9.78. The number of hydrogen-bond acceptors (Lipinski definition) is 18. The van der Waals surface area contributed by atoms with Gasteiger partial charge in [-0.05, 0) is 205 Å². The number of halogens is 3. The Morgan fingerprint density at radius 1 is 0.407 bits per heavy atom. The van der Waals surface area contributed by atoms with E-state index < -0.39 is 149 Å². The van der Waals surface area contributed by atoms with Gasteiger partial charge in [0.15, 0.2) is 5.78 Å². The molecule has 0 radical (unpaired) electrons. The maximum Gasteiger partial charge on any atom is 0.319 e.